The number of nitrogens with zero attached hydrogens (tertiary/aromatic N) is 1. The van der Waals surface area contributed by atoms with Gasteiger partial charge in [-0.2, -0.15) is 0 Å². The number of hydrogen-bond donors (Lipinski definition) is 1. The van der Waals surface area contributed by atoms with Crippen LogP contribution in [0.25, 0.3) is 0 Å². The third-order valence-electron chi connectivity index (χ3n) is 5.43. The minimum absolute atomic E-state index is 0.0328. The van der Waals surface area contributed by atoms with Gasteiger partial charge in [-0.25, -0.2) is 8.42 Å². The molecule has 1 atom stereocenters. The van der Waals surface area contributed by atoms with Crippen molar-refractivity contribution in [2.24, 2.45) is 0 Å². The molecule has 3 aromatic rings. The smallest absolute Gasteiger partial charge is 0.265 e. The van der Waals surface area contributed by atoms with E-state index in [1.165, 1.54) is 37.4 Å². The molecule has 1 amide bonds. The van der Waals surface area contributed by atoms with Crippen LogP contribution in [-0.4, -0.2) is 34.1 Å². The molecule has 1 heterocycles. The van der Waals surface area contributed by atoms with E-state index >= 15 is 0 Å². The van der Waals surface area contributed by atoms with Gasteiger partial charge in [-0.1, -0.05) is 27.5 Å². The molecule has 1 N–H and O–H groups in total. The number of halogens is 2. The molecule has 3 aromatic carbocycles. The summed E-state index contributed by atoms with van der Waals surface area (Å²) in [4.78, 5) is 14.6. The lowest BCUT2D eigenvalue weighted by Crippen LogP contribution is -2.39. The van der Waals surface area contributed by atoms with Gasteiger partial charge in [0.25, 0.3) is 15.9 Å². The van der Waals surface area contributed by atoms with Gasteiger partial charge in [0.05, 0.1) is 22.7 Å². The molecular weight excluding hydrogens is 544 g/mol. The van der Waals surface area contributed by atoms with Gasteiger partial charge in [0.15, 0.2) is 6.61 Å². The van der Waals surface area contributed by atoms with Crippen LogP contribution in [0.2, 0.25) is 5.02 Å². The lowest BCUT2D eigenvalue weighted by molar-refractivity contribution is -0.120. The number of methoxy groups -OCH3 is 1. The maximum absolute atomic E-state index is 12.8. The number of carbonyl (C=O) groups excluding carboxylic acids is 1. The Kier molecular flexibility index (Phi) is 7.06. The molecule has 7 nitrogen and oxygen atoms in total. The van der Waals surface area contributed by atoms with E-state index in [0.717, 1.165) is 22.1 Å². The molecular formula is C24H22BrClN2O5S. The molecule has 1 aliphatic rings. The van der Waals surface area contributed by atoms with Gasteiger partial charge < -0.3 is 14.4 Å². The Hall–Kier alpha value is -2.75. The van der Waals surface area contributed by atoms with Gasteiger partial charge in [0.1, 0.15) is 11.5 Å². The fourth-order valence-electron chi connectivity index (χ4n) is 3.85. The molecule has 34 heavy (non-hydrogen) atoms. The van der Waals surface area contributed by atoms with E-state index in [2.05, 4.69) is 20.7 Å². The third-order valence-corrected chi connectivity index (χ3v) is 7.61. The molecule has 0 unspecified atom stereocenters. The summed E-state index contributed by atoms with van der Waals surface area (Å²) in [6.07, 6.45) is 0.777. The van der Waals surface area contributed by atoms with E-state index in [1.54, 1.807) is 17.0 Å². The lowest BCUT2D eigenvalue weighted by Gasteiger charge is -2.22. The highest BCUT2D eigenvalue weighted by Gasteiger charge is 2.31. The molecule has 0 radical (unpaired) electrons. The first-order valence-electron chi connectivity index (χ1n) is 10.4. The zero-order chi connectivity index (χ0) is 24.5. The Morgan fingerprint density at radius 3 is 2.56 bits per heavy atom. The molecule has 0 aromatic heterocycles. The van der Waals surface area contributed by atoms with Crippen LogP contribution in [0.15, 0.2) is 70.0 Å². The SMILES string of the molecule is COc1ccc(NS(=O)(=O)c2ccc(OCC(=O)N3c4ccc(Br)cc4C[C@H]3C)cc2)cc1Cl. The van der Waals surface area contributed by atoms with Crippen LogP contribution in [0.4, 0.5) is 11.4 Å². The first kappa shape index (κ1) is 24.4. The summed E-state index contributed by atoms with van der Waals surface area (Å²) in [5, 5.41) is 0.290. The largest absolute Gasteiger partial charge is 0.495 e. The van der Waals surface area contributed by atoms with E-state index in [0.29, 0.717) is 22.2 Å². The Morgan fingerprint density at radius 2 is 1.88 bits per heavy atom. The highest BCUT2D eigenvalue weighted by atomic mass is 79.9. The Bertz CT molecular complexity index is 1330. The first-order valence-corrected chi connectivity index (χ1v) is 13.0. The second-order valence-electron chi connectivity index (χ2n) is 7.80. The number of nitrogens with one attached hydrogen (secondary N) is 1. The van der Waals surface area contributed by atoms with Crippen LogP contribution < -0.4 is 19.1 Å². The molecule has 0 aliphatic carbocycles. The number of ether oxygens (including phenoxy) is 2. The molecule has 0 bridgehead atoms. The van der Waals surface area contributed by atoms with E-state index in [9.17, 15) is 13.2 Å². The predicted molar refractivity (Wildman–Crippen MR) is 136 cm³/mol. The molecule has 4 rings (SSSR count). The van der Waals surface area contributed by atoms with Gasteiger partial charge >= 0.3 is 0 Å². The van der Waals surface area contributed by atoms with Crippen LogP contribution in [0.5, 0.6) is 11.5 Å². The van der Waals surface area contributed by atoms with Crippen LogP contribution in [-0.2, 0) is 21.2 Å². The molecule has 0 saturated carbocycles. The number of rotatable bonds is 7. The first-order chi connectivity index (χ1) is 16.2. The minimum Gasteiger partial charge on any atom is -0.495 e. The number of benzene rings is 3. The number of carbonyl (C=O) groups is 1. The average molecular weight is 566 g/mol. The average Bonchev–Trinajstić information content (AvgIpc) is 3.12. The Morgan fingerprint density at radius 1 is 1.15 bits per heavy atom. The van der Waals surface area contributed by atoms with Crippen molar-refractivity contribution in [1.29, 1.82) is 0 Å². The highest BCUT2D eigenvalue weighted by Crippen LogP contribution is 2.34. The number of fused-ring (bicyclic) bond motifs is 1. The van der Waals surface area contributed by atoms with Crippen molar-refractivity contribution in [2.45, 2.75) is 24.3 Å². The summed E-state index contributed by atoms with van der Waals surface area (Å²) in [5.74, 6) is 0.673. The van der Waals surface area contributed by atoms with Crippen LogP contribution in [0.3, 0.4) is 0 Å². The summed E-state index contributed by atoms with van der Waals surface area (Å²) in [6, 6.07) is 16.3. The minimum atomic E-state index is -3.84. The summed E-state index contributed by atoms with van der Waals surface area (Å²) < 4.78 is 39.6. The van der Waals surface area contributed by atoms with E-state index in [-0.39, 0.29) is 23.5 Å². The van der Waals surface area contributed by atoms with E-state index in [4.69, 9.17) is 21.1 Å². The zero-order valence-electron chi connectivity index (χ0n) is 18.4. The van der Waals surface area contributed by atoms with Crippen LogP contribution in [0.1, 0.15) is 12.5 Å². The van der Waals surface area contributed by atoms with Gasteiger partial charge in [0.2, 0.25) is 0 Å². The molecule has 0 saturated heterocycles. The molecule has 0 spiro atoms. The Labute approximate surface area is 211 Å². The number of amides is 1. The van der Waals surface area contributed by atoms with E-state index in [1.807, 2.05) is 25.1 Å². The van der Waals surface area contributed by atoms with Crippen LogP contribution >= 0.6 is 27.5 Å². The van der Waals surface area contributed by atoms with Crippen molar-refractivity contribution in [3.8, 4) is 11.5 Å². The highest BCUT2D eigenvalue weighted by molar-refractivity contribution is 9.10. The second kappa shape index (κ2) is 9.85. The quantitative estimate of drug-likeness (QED) is 0.422. The maximum Gasteiger partial charge on any atom is 0.265 e. The molecule has 0 fully saturated rings. The van der Waals surface area contributed by atoms with Crippen molar-refractivity contribution in [3.05, 3.63) is 75.7 Å². The van der Waals surface area contributed by atoms with Crippen molar-refractivity contribution >= 4 is 54.8 Å². The maximum atomic E-state index is 12.8. The summed E-state index contributed by atoms with van der Waals surface area (Å²) in [7, 11) is -2.36. The Balaban J connectivity index is 1.40. The van der Waals surface area contributed by atoms with Gasteiger partial charge in [-0.05, 0) is 79.6 Å². The van der Waals surface area contributed by atoms with Crippen molar-refractivity contribution in [3.63, 3.8) is 0 Å². The van der Waals surface area contributed by atoms with Gasteiger partial charge in [-0.3, -0.25) is 9.52 Å². The zero-order valence-corrected chi connectivity index (χ0v) is 21.6. The molecule has 10 heteroatoms. The fraction of sp³-hybridized carbons (Fsp3) is 0.208. The normalized spacial score (nSPS) is 15.1. The second-order valence-corrected chi connectivity index (χ2v) is 10.8. The van der Waals surface area contributed by atoms with Gasteiger partial charge in [0, 0.05) is 16.2 Å². The van der Waals surface area contributed by atoms with Crippen LogP contribution in [0, 0.1) is 0 Å². The molecule has 1 aliphatic heterocycles. The van der Waals surface area contributed by atoms with E-state index < -0.39 is 10.0 Å². The number of hydrogen-bond acceptors (Lipinski definition) is 5. The summed E-state index contributed by atoms with van der Waals surface area (Å²) >= 11 is 9.53. The topological polar surface area (TPSA) is 84.9 Å². The summed E-state index contributed by atoms with van der Waals surface area (Å²) in [6.45, 7) is 1.84. The lowest BCUT2D eigenvalue weighted by atomic mass is 10.1. The summed E-state index contributed by atoms with van der Waals surface area (Å²) in [5.41, 5.74) is 2.30. The fourth-order valence-corrected chi connectivity index (χ4v) is 5.57. The predicted octanol–water partition coefficient (Wildman–Crippen LogP) is 5.27. The number of anilines is 2. The molecule has 178 valence electrons. The van der Waals surface area contributed by atoms with Crippen molar-refractivity contribution in [2.75, 3.05) is 23.3 Å². The van der Waals surface area contributed by atoms with Crippen molar-refractivity contribution in [1.82, 2.24) is 0 Å². The third kappa shape index (κ3) is 5.16. The number of sulfonamides is 1. The standard InChI is InChI=1S/C24H22BrClN2O5S/c1-15-11-16-12-17(25)3-9-22(16)28(15)24(29)14-33-19-5-7-20(8-6-19)34(30,31)27-18-4-10-23(32-2)21(26)13-18/h3-10,12-13,15,27H,11,14H2,1-2H3/t15-/m1/s1. The van der Waals surface area contributed by atoms with Gasteiger partial charge in [-0.15, -0.1) is 0 Å². The monoisotopic (exact) mass is 564 g/mol. The van der Waals surface area contributed by atoms with Crippen molar-refractivity contribution < 1.29 is 22.7 Å².